The summed E-state index contributed by atoms with van der Waals surface area (Å²) in [6.07, 6.45) is 0.781. The van der Waals surface area contributed by atoms with Gasteiger partial charge in [0, 0.05) is 26.1 Å². The molecule has 0 radical (unpaired) electrons. The Morgan fingerprint density at radius 3 is 2.88 bits per heavy atom. The molecule has 1 heterocycles. The molecule has 1 rings (SSSR count). The molecule has 16 heavy (non-hydrogen) atoms. The van der Waals surface area contributed by atoms with Crippen molar-refractivity contribution in [1.82, 2.24) is 9.97 Å². The molecule has 0 saturated carbocycles. The number of ether oxygens (including phenoxy) is 1. The fraction of sp³-hybridized carbons (Fsp3) is 0.636. The van der Waals surface area contributed by atoms with E-state index in [1.807, 2.05) is 6.92 Å². The molecule has 0 bridgehead atoms. The molecule has 1 unspecified atom stereocenters. The van der Waals surface area contributed by atoms with Gasteiger partial charge in [0.15, 0.2) is 0 Å². The number of nitrogens with one attached hydrogen (secondary N) is 1. The number of halogens is 1. The fourth-order valence-corrected chi connectivity index (χ4v) is 1.54. The van der Waals surface area contributed by atoms with Crippen LogP contribution in [0.25, 0.3) is 0 Å². The lowest BCUT2D eigenvalue weighted by atomic mass is 10.2. The minimum absolute atomic E-state index is 0.434. The van der Waals surface area contributed by atoms with Gasteiger partial charge in [0.05, 0.1) is 6.61 Å². The van der Waals surface area contributed by atoms with Crippen LogP contribution in [0.3, 0.4) is 0 Å². The summed E-state index contributed by atoms with van der Waals surface area (Å²) in [6, 6.07) is 1.74. The minimum atomic E-state index is 0.434. The first-order valence-electron chi connectivity index (χ1n) is 5.42. The number of methoxy groups -OCH3 is 1. The molecule has 0 spiro atoms. The molecule has 90 valence electrons. The first kappa shape index (κ1) is 13.2. The molecule has 0 aromatic carbocycles. The van der Waals surface area contributed by atoms with Gasteiger partial charge in [-0.3, -0.25) is 0 Å². The molecular weight excluding hydrogens is 226 g/mol. The second kappa shape index (κ2) is 6.66. The highest BCUT2D eigenvalue weighted by atomic mass is 35.5. The van der Waals surface area contributed by atoms with Crippen LogP contribution < -0.4 is 5.32 Å². The second-order valence-corrected chi connectivity index (χ2v) is 4.17. The highest BCUT2D eigenvalue weighted by Crippen LogP contribution is 2.12. The number of hydrogen-bond donors (Lipinski definition) is 1. The summed E-state index contributed by atoms with van der Waals surface area (Å²) in [6.45, 7) is 5.65. The van der Waals surface area contributed by atoms with Crippen molar-refractivity contribution in [2.24, 2.45) is 5.92 Å². The van der Waals surface area contributed by atoms with Gasteiger partial charge < -0.3 is 10.1 Å². The van der Waals surface area contributed by atoms with Gasteiger partial charge in [0.25, 0.3) is 0 Å². The third-order valence-corrected chi connectivity index (χ3v) is 2.33. The summed E-state index contributed by atoms with van der Waals surface area (Å²) in [7, 11) is 1.70. The van der Waals surface area contributed by atoms with Gasteiger partial charge in [-0.05, 0) is 5.92 Å². The third kappa shape index (κ3) is 4.33. The van der Waals surface area contributed by atoms with Crippen LogP contribution in [0.15, 0.2) is 6.07 Å². The Morgan fingerprint density at radius 2 is 2.25 bits per heavy atom. The van der Waals surface area contributed by atoms with Crippen LogP contribution in [0.4, 0.5) is 5.82 Å². The Labute approximate surface area is 101 Å². The predicted molar refractivity (Wildman–Crippen MR) is 65.9 cm³/mol. The van der Waals surface area contributed by atoms with Gasteiger partial charge in [0.2, 0.25) is 0 Å². The summed E-state index contributed by atoms with van der Waals surface area (Å²) < 4.78 is 5.06. The van der Waals surface area contributed by atoms with Crippen LogP contribution in [0.2, 0.25) is 5.15 Å². The Kier molecular flexibility index (Phi) is 5.49. The molecule has 0 fully saturated rings. The molecule has 0 aliphatic heterocycles. The normalized spacial score (nSPS) is 12.5. The number of rotatable bonds is 6. The molecule has 0 amide bonds. The van der Waals surface area contributed by atoms with E-state index in [4.69, 9.17) is 16.3 Å². The first-order valence-corrected chi connectivity index (χ1v) is 5.79. The van der Waals surface area contributed by atoms with Crippen LogP contribution in [-0.2, 0) is 11.2 Å². The van der Waals surface area contributed by atoms with Gasteiger partial charge in [-0.25, -0.2) is 9.97 Å². The van der Waals surface area contributed by atoms with Crippen LogP contribution in [0.1, 0.15) is 19.7 Å². The molecule has 1 N–H and O–H groups in total. The molecule has 4 nitrogen and oxygen atoms in total. The van der Waals surface area contributed by atoms with Crippen LogP contribution in [-0.4, -0.2) is 30.2 Å². The van der Waals surface area contributed by atoms with Crippen molar-refractivity contribution in [3.8, 4) is 0 Å². The summed E-state index contributed by atoms with van der Waals surface area (Å²) >= 11 is 5.89. The van der Waals surface area contributed by atoms with Crippen LogP contribution in [0, 0.1) is 5.92 Å². The largest absolute Gasteiger partial charge is 0.384 e. The lowest BCUT2D eigenvalue weighted by Crippen LogP contribution is -2.16. The molecule has 0 aliphatic carbocycles. The number of anilines is 1. The third-order valence-electron chi connectivity index (χ3n) is 2.14. The lowest BCUT2D eigenvalue weighted by Gasteiger charge is -2.12. The Balaban J connectivity index is 2.56. The second-order valence-electron chi connectivity index (χ2n) is 3.79. The highest BCUT2D eigenvalue weighted by Gasteiger charge is 2.04. The van der Waals surface area contributed by atoms with E-state index in [0.29, 0.717) is 11.1 Å². The Bertz CT molecular complexity index is 333. The van der Waals surface area contributed by atoms with Crippen molar-refractivity contribution >= 4 is 17.4 Å². The van der Waals surface area contributed by atoms with E-state index >= 15 is 0 Å². The van der Waals surface area contributed by atoms with E-state index in [1.165, 1.54) is 0 Å². The summed E-state index contributed by atoms with van der Waals surface area (Å²) in [5.74, 6) is 1.97. The lowest BCUT2D eigenvalue weighted by molar-refractivity contribution is 0.164. The van der Waals surface area contributed by atoms with Gasteiger partial charge in [-0.1, -0.05) is 25.4 Å². The SMILES string of the molecule is CCc1nc(Cl)cc(NCC(C)COC)n1. The van der Waals surface area contributed by atoms with Gasteiger partial charge in [-0.2, -0.15) is 0 Å². The summed E-state index contributed by atoms with van der Waals surface area (Å²) in [5.41, 5.74) is 0. The smallest absolute Gasteiger partial charge is 0.134 e. The van der Waals surface area contributed by atoms with E-state index in [-0.39, 0.29) is 0 Å². The molecular formula is C11H18ClN3O. The quantitative estimate of drug-likeness (QED) is 0.780. The van der Waals surface area contributed by atoms with Crippen LogP contribution in [0.5, 0.6) is 0 Å². The number of aromatic nitrogens is 2. The van der Waals surface area contributed by atoms with E-state index in [1.54, 1.807) is 13.2 Å². The average Bonchev–Trinajstić information content (AvgIpc) is 2.26. The van der Waals surface area contributed by atoms with Crippen molar-refractivity contribution < 1.29 is 4.74 Å². The van der Waals surface area contributed by atoms with Crippen molar-refractivity contribution in [3.05, 3.63) is 17.0 Å². The van der Waals surface area contributed by atoms with Crippen LogP contribution >= 0.6 is 11.6 Å². The van der Waals surface area contributed by atoms with Crippen molar-refractivity contribution in [2.75, 3.05) is 25.6 Å². The Hall–Kier alpha value is -0.870. The summed E-state index contributed by atoms with van der Waals surface area (Å²) in [4.78, 5) is 8.44. The van der Waals surface area contributed by atoms with Crippen molar-refractivity contribution in [1.29, 1.82) is 0 Å². The van der Waals surface area contributed by atoms with Gasteiger partial charge in [0.1, 0.15) is 16.8 Å². The van der Waals surface area contributed by atoms with E-state index in [2.05, 4.69) is 22.2 Å². The zero-order valence-corrected chi connectivity index (χ0v) is 10.7. The van der Waals surface area contributed by atoms with E-state index < -0.39 is 0 Å². The summed E-state index contributed by atoms with van der Waals surface area (Å²) in [5, 5.41) is 3.71. The van der Waals surface area contributed by atoms with Gasteiger partial charge >= 0.3 is 0 Å². The van der Waals surface area contributed by atoms with Gasteiger partial charge in [-0.15, -0.1) is 0 Å². The maximum absolute atomic E-state index is 5.89. The highest BCUT2D eigenvalue weighted by molar-refractivity contribution is 6.29. The maximum Gasteiger partial charge on any atom is 0.134 e. The minimum Gasteiger partial charge on any atom is -0.384 e. The topological polar surface area (TPSA) is 47.0 Å². The maximum atomic E-state index is 5.89. The zero-order valence-electron chi connectivity index (χ0n) is 9.96. The molecule has 0 saturated heterocycles. The van der Waals surface area contributed by atoms with E-state index in [9.17, 15) is 0 Å². The average molecular weight is 244 g/mol. The Morgan fingerprint density at radius 1 is 1.50 bits per heavy atom. The van der Waals surface area contributed by atoms with Crippen molar-refractivity contribution in [2.45, 2.75) is 20.3 Å². The number of hydrogen-bond acceptors (Lipinski definition) is 4. The predicted octanol–water partition coefficient (Wildman–Crippen LogP) is 2.39. The number of nitrogens with zero attached hydrogens (tertiary/aromatic N) is 2. The molecule has 1 atom stereocenters. The fourth-order valence-electron chi connectivity index (χ4n) is 1.34. The van der Waals surface area contributed by atoms with E-state index in [0.717, 1.165) is 31.2 Å². The molecule has 5 heteroatoms. The first-order chi connectivity index (χ1) is 7.65. The standard InChI is InChI=1S/C11H18ClN3O/c1-4-10-14-9(12)5-11(15-10)13-6-8(2)7-16-3/h5,8H,4,6-7H2,1-3H3,(H,13,14,15). The zero-order chi connectivity index (χ0) is 12.0. The molecule has 0 aliphatic rings. The van der Waals surface area contributed by atoms with Crippen molar-refractivity contribution in [3.63, 3.8) is 0 Å². The molecule has 1 aromatic heterocycles. The number of aryl methyl sites for hydroxylation is 1. The monoisotopic (exact) mass is 243 g/mol. The molecule has 1 aromatic rings.